The van der Waals surface area contributed by atoms with E-state index in [-0.39, 0.29) is 87.3 Å². The zero-order chi connectivity index (χ0) is 50.5. The summed E-state index contributed by atoms with van der Waals surface area (Å²) in [5, 5.41) is 22.9. The molecule has 0 radical (unpaired) electrons. The van der Waals surface area contributed by atoms with Crippen LogP contribution in [-0.4, -0.2) is 166 Å². The van der Waals surface area contributed by atoms with Gasteiger partial charge in [-0.05, 0) is 38.5 Å². The van der Waals surface area contributed by atoms with Gasteiger partial charge >= 0.3 is 5.97 Å². The predicted molar refractivity (Wildman–Crippen MR) is 241 cm³/mol. The van der Waals surface area contributed by atoms with Crippen molar-refractivity contribution in [3.63, 3.8) is 0 Å². The van der Waals surface area contributed by atoms with Gasteiger partial charge in [-0.25, -0.2) is 4.79 Å². The van der Waals surface area contributed by atoms with Gasteiger partial charge in [0.15, 0.2) is 34.5 Å². The quantitative estimate of drug-likeness (QED) is 0.0723. The van der Waals surface area contributed by atoms with Gasteiger partial charge in [0, 0.05) is 53.4 Å². The minimum absolute atomic E-state index is 0. The summed E-state index contributed by atoms with van der Waals surface area (Å²) in [5.41, 5.74) is 3.99. The molecule has 0 bridgehead atoms. The summed E-state index contributed by atoms with van der Waals surface area (Å²) >= 11 is 0. The molecule has 2 saturated heterocycles. The lowest BCUT2D eigenvalue weighted by molar-refractivity contribution is -0.135. The average molecular weight is 969 g/mol. The van der Waals surface area contributed by atoms with Crippen molar-refractivity contribution in [3.05, 3.63) is 36.0 Å². The van der Waals surface area contributed by atoms with E-state index in [9.17, 15) is 38.4 Å². The van der Waals surface area contributed by atoms with Crippen LogP contribution in [-0.2, 0) is 57.2 Å². The second kappa shape index (κ2) is 29.6. The van der Waals surface area contributed by atoms with E-state index < -0.39 is 76.7 Å². The van der Waals surface area contributed by atoms with Gasteiger partial charge in [0.25, 0.3) is 5.91 Å². The molecule has 0 aliphatic carbocycles. The Kier molecular flexibility index (Phi) is 26.4. The number of carboxylic acids is 1. The number of ketones is 4. The van der Waals surface area contributed by atoms with Crippen molar-refractivity contribution < 1.29 is 80.9 Å². The molecule has 384 valence electrons. The largest absolute Gasteiger partial charge is 0.476 e. The van der Waals surface area contributed by atoms with E-state index in [0.29, 0.717) is 26.1 Å². The fourth-order valence-corrected chi connectivity index (χ4v) is 6.40. The monoisotopic (exact) mass is 968 g/mol. The summed E-state index contributed by atoms with van der Waals surface area (Å²) in [7, 11) is 5.72. The topological polar surface area (TPSA) is 333 Å². The lowest BCUT2D eigenvalue weighted by Crippen LogP contribution is -2.50. The van der Waals surface area contributed by atoms with Crippen LogP contribution in [0.3, 0.4) is 0 Å². The second-order valence-electron chi connectivity index (χ2n) is 17.4. The number of nitrogens with one attached hydrogen (secondary N) is 3. The first-order valence-corrected chi connectivity index (χ1v) is 21.6. The van der Waals surface area contributed by atoms with Crippen LogP contribution in [0.5, 0.6) is 0 Å². The number of hydrogen-bond donors (Lipinski definition) is 5. The molecule has 2 aromatic rings. The van der Waals surface area contributed by atoms with Gasteiger partial charge in [-0.1, -0.05) is 45.4 Å². The highest BCUT2D eigenvalue weighted by atomic mass is 16.6. The molecule has 23 nitrogen and oxygen atoms in total. The molecule has 0 saturated carbocycles. The van der Waals surface area contributed by atoms with Crippen LogP contribution in [0.25, 0.3) is 0 Å². The first-order valence-electron chi connectivity index (χ1n) is 21.6. The van der Waals surface area contributed by atoms with Crippen molar-refractivity contribution in [2.75, 3.05) is 68.1 Å². The molecule has 0 unspecified atom stereocenters. The van der Waals surface area contributed by atoms with Gasteiger partial charge in [-0.3, -0.25) is 33.6 Å². The molecular weight excluding hydrogens is 897 g/mol. The molecular formula is C45H72N6O17. The smallest absolute Gasteiger partial charge is 0.358 e. The number of amides is 3. The molecule has 2 fully saturated rings. The van der Waals surface area contributed by atoms with Crippen LogP contribution in [0.15, 0.2) is 33.7 Å². The number of hydrogen-bond acceptors (Lipinski definition) is 19. The number of Topliss-reactive ketones (excluding diaryl/α,β-unsaturated/α-hetero) is 4. The lowest BCUT2D eigenvalue weighted by atomic mass is 9.92. The zero-order valence-corrected chi connectivity index (χ0v) is 40.0. The summed E-state index contributed by atoms with van der Waals surface area (Å²) in [6.45, 7) is 12.0. The molecule has 0 aromatic carbocycles. The highest BCUT2D eigenvalue weighted by Crippen LogP contribution is 2.31. The number of aromatic nitrogens is 2. The van der Waals surface area contributed by atoms with Crippen LogP contribution in [0.2, 0.25) is 0 Å². The third kappa shape index (κ3) is 20.5. The Morgan fingerprint density at radius 2 is 1.04 bits per heavy atom. The fraction of sp³-hybridized carbons (Fsp3) is 0.689. The number of epoxide rings is 2. The Labute approximate surface area is 396 Å². The van der Waals surface area contributed by atoms with E-state index >= 15 is 0 Å². The van der Waals surface area contributed by atoms with Crippen LogP contribution in [0.1, 0.15) is 95.6 Å². The summed E-state index contributed by atoms with van der Waals surface area (Å²) in [5.74, 6) is -4.80. The number of carbonyl (C=O) groups is 8. The second-order valence-corrected chi connectivity index (χ2v) is 17.4. The van der Waals surface area contributed by atoms with Crippen LogP contribution >= 0.6 is 0 Å². The maximum atomic E-state index is 13.0. The third-order valence-corrected chi connectivity index (χ3v) is 10.4. The Balaban J connectivity index is 0.000000586. The predicted octanol–water partition coefficient (Wildman–Crippen LogP) is 1.61. The van der Waals surface area contributed by atoms with E-state index in [1.165, 1.54) is 53.1 Å². The number of ether oxygens (including phenoxy) is 6. The molecule has 6 N–H and O–H groups in total. The Bertz CT molecular complexity index is 1900. The van der Waals surface area contributed by atoms with E-state index in [0.717, 1.165) is 0 Å². The molecule has 0 spiro atoms. The molecule has 4 heterocycles. The minimum atomic E-state index is -1.07. The first-order chi connectivity index (χ1) is 31.6. The zero-order valence-electron chi connectivity index (χ0n) is 40.0. The van der Waals surface area contributed by atoms with Crippen molar-refractivity contribution in [1.29, 1.82) is 0 Å². The van der Waals surface area contributed by atoms with Crippen molar-refractivity contribution in [1.82, 2.24) is 26.3 Å². The summed E-state index contributed by atoms with van der Waals surface area (Å²) in [4.78, 5) is 98.4. The van der Waals surface area contributed by atoms with Gasteiger partial charge in [0.2, 0.25) is 11.8 Å². The number of carbonyl (C=O) groups excluding carboxylic acids is 7. The Morgan fingerprint density at radius 3 is 1.37 bits per heavy atom. The fourth-order valence-electron chi connectivity index (χ4n) is 6.40. The standard InChI is InChI=1S/C22H33N3O8.C18H32N2O6.C4H3NO3.CH4/c1-13(2)8-16(19(27)22(3)12-32-22)23-20(28)14(10-30-4)9-18(26)17(11-31-5)24-21(29)15-6-7-33-25-15;1-11(2)6-14(16(22)18(3)10-26-18)20-17(23)12(8-24-4)7-15(21)13(19)9-25-5;6-4(7)3-1-2-8-5-3;/h6-7,13-14,16-17H,8-12H2,1-5H3,(H,23,28)(H,24,29);11-14H,6-10,19H2,1-5H3,(H,20,23);1-2H,(H,6,7);1H4/t14-,16-,17-,22+;12-,13-,14-,18+;;/m00../s1. The summed E-state index contributed by atoms with van der Waals surface area (Å²) in [6.07, 6.45) is 3.10. The van der Waals surface area contributed by atoms with Gasteiger partial charge in [-0.15, -0.1) is 0 Å². The molecule has 8 atom stereocenters. The SMILES string of the molecule is C.COC[C@H](CC(=O)[C@@H](N)COC)C(=O)N[C@@H](CC(C)C)C(=O)[C@@]1(C)CO1.COC[C@H](CC(=O)[C@H](COC)NC(=O)c1ccon1)C(=O)N[C@@H](CC(C)C)C(=O)[C@@]1(C)CO1.O=C(O)c1ccon1. The van der Waals surface area contributed by atoms with Gasteiger partial charge in [0.1, 0.15) is 29.8 Å². The minimum Gasteiger partial charge on any atom is -0.476 e. The molecule has 68 heavy (non-hydrogen) atoms. The normalized spacial score (nSPS) is 19.4. The van der Waals surface area contributed by atoms with E-state index in [1.54, 1.807) is 13.8 Å². The van der Waals surface area contributed by atoms with Crippen LogP contribution < -0.4 is 21.7 Å². The van der Waals surface area contributed by atoms with E-state index in [2.05, 4.69) is 35.3 Å². The van der Waals surface area contributed by atoms with Crippen molar-refractivity contribution in [2.24, 2.45) is 29.4 Å². The first kappa shape index (κ1) is 60.7. The maximum absolute atomic E-state index is 13.0. The van der Waals surface area contributed by atoms with Gasteiger partial charge in [0.05, 0.1) is 69.6 Å². The third-order valence-electron chi connectivity index (χ3n) is 10.4. The Hall–Kier alpha value is -5.30. The Morgan fingerprint density at radius 1 is 0.647 bits per heavy atom. The highest BCUT2D eigenvalue weighted by molar-refractivity contribution is 6.00. The molecule has 23 heteroatoms. The van der Waals surface area contributed by atoms with E-state index in [4.69, 9.17) is 39.3 Å². The highest BCUT2D eigenvalue weighted by Gasteiger charge is 2.51. The number of methoxy groups -OCH3 is 4. The van der Waals surface area contributed by atoms with Crippen LogP contribution in [0, 0.1) is 23.7 Å². The van der Waals surface area contributed by atoms with Crippen molar-refractivity contribution >= 4 is 46.8 Å². The molecule has 3 amide bonds. The molecule has 4 rings (SSSR count). The maximum Gasteiger partial charge on any atom is 0.358 e. The van der Waals surface area contributed by atoms with Crippen LogP contribution in [0.4, 0.5) is 0 Å². The van der Waals surface area contributed by atoms with Gasteiger partial charge < -0.3 is 64.3 Å². The number of aromatic carboxylic acids is 1. The number of nitrogens with two attached hydrogens (primary N) is 1. The average Bonchev–Trinajstić information content (AvgIpc) is 3.98. The summed E-state index contributed by atoms with van der Waals surface area (Å²) in [6, 6.07) is -0.543. The lowest BCUT2D eigenvalue weighted by Gasteiger charge is -2.25. The van der Waals surface area contributed by atoms with Crippen molar-refractivity contribution in [2.45, 2.75) is 110 Å². The van der Waals surface area contributed by atoms with E-state index in [1.807, 2.05) is 27.7 Å². The van der Waals surface area contributed by atoms with Crippen molar-refractivity contribution in [3.8, 4) is 0 Å². The number of carboxylic acid groups (broad SMARTS) is 1. The molecule has 2 aliphatic heterocycles. The van der Waals surface area contributed by atoms with Gasteiger partial charge in [-0.2, -0.15) is 0 Å². The summed E-state index contributed by atoms with van der Waals surface area (Å²) < 4.78 is 39.5. The molecule has 2 aliphatic rings. The number of nitrogens with zero attached hydrogens (tertiary/aromatic N) is 2. The number of rotatable bonds is 29. The molecule has 2 aromatic heterocycles.